The van der Waals surface area contributed by atoms with Gasteiger partial charge in [0.2, 0.25) is 0 Å². The molecule has 6 heteroatoms. The number of aliphatic imine (C=N–C) groups is 1. The molecule has 5 nitrogen and oxygen atoms in total. The maximum Gasteiger partial charge on any atom is 0.191 e. The molecule has 0 bridgehead atoms. The molecule has 2 rings (SSSR count). The molecule has 0 amide bonds. The Labute approximate surface area is 156 Å². The highest BCUT2D eigenvalue weighted by Gasteiger charge is 2.19. The number of guanidine groups is 1. The van der Waals surface area contributed by atoms with E-state index in [1.54, 1.807) is 6.26 Å². The summed E-state index contributed by atoms with van der Waals surface area (Å²) >= 11 is 0. The second-order valence-electron chi connectivity index (χ2n) is 5.76. The summed E-state index contributed by atoms with van der Waals surface area (Å²) in [6, 6.07) is 3.80. The van der Waals surface area contributed by atoms with Gasteiger partial charge in [0, 0.05) is 26.2 Å². The Morgan fingerprint density at radius 1 is 1.35 bits per heavy atom. The fourth-order valence-electron chi connectivity index (χ4n) is 2.27. The Bertz CT molecular complexity index is 419. The van der Waals surface area contributed by atoms with Gasteiger partial charge in [0.15, 0.2) is 5.96 Å². The molecule has 1 heterocycles. The molecule has 1 aliphatic rings. The van der Waals surface area contributed by atoms with Crippen molar-refractivity contribution in [2.45, 2.75) is 45.6 Å². The van der Waals surface area contributed by atoms with Crippen LogP contribution in [0.1, 0.15) is 44.8 Å². The average molecular weight is 435 g/mol. The molecule has 23 heavy (non-hydrogen) atoms. The van der Waals surface area contributed by atoms with Gasteiger partial charge < -0.3 is 19.8 Å². The van der Waals surface area contributed by atoms with Crippen LogP contribution in [0.15, 0.2) is 27.8 Å². The lowest BCUT2D eigenvalue weighted by atomic mass is 10.2. The van der Waals surface area contributed by atoms with E-state index in [0.29, 0.717) is 13.2 Å². The zero-order chi connectivity index (χ0) is 15.5. The first-order valence-electron chi connectivity index (χ1n) is 8.50. The van der Waals surface area contributed by atoms with E-state index in [2.05, 4.69) is 22.5 Å². The normalized spacial score (nSPS) is 14.4. The average Bonchev–Trinajstić information content (AvgIpc) is 3.20. The number of nitrogens with zero attached hydrogens (tertiary/aromatic N) is 1. The monoisotopic (exact) mass is 435 g/mol. The van der Waals surface area contributed by atoms with Crippen LogP contribution in [0.2, 0.25) is 0 Å². The van der Waals surface area contributed by atoms with E-state index in [0.717, 1.165) is 43.7 Å². The van der Waals surface area contributed by atoms with Crippen LogP contribution in [0.3, 0.4) is 0 Å². The summed E-state index contributed by atoms with van der Waals surface area (Å²) in [5, 5.41) is 6.68. The van der Waals surface area contributed by atoms with E-state index in [9.17, 15) is 0 Å². The van der Waals surface area contributed by atoms with E-state index >= 15 is 0 Å². The van der Waals surface area contributed by atoms with Gasteiger partial charge in [-0.1, -0.05) is 12.8 Å². The lowest BCUT2D eigenvalue weighted by molar-refractivity contribution is 0.105. The van der Waals surface area contributed by atoms with Crippen LogP contribution in [-0.2, 0) is 11.3 Å². The Kier molecular flexibility index (Phi) is 11.1. The van der Waals surface area contributed by atoms with Crippen LogP contribution in [0.4, 0.5) is 0 Å². The predicted octanol–water partition coefficient (Wildman–Crippen LogP) is 3.55. The summed E-state index contributed by atoms with van der Waals surface area (Å²) < 4.78 is 10.8. The molecular formula is C17H30IN3O2. The first-order valence-corrected chi connectivity index (χ1v) is 8.50. The molecular weight excluding hydrogens is 405 g/mol. The molecule has 1 fully saturated rings. The molecule has 0 radical (unpaired) electrons. The molecule has 0 aliphatic heterocycles. The van der Waals surface area contributed by atoms with Crippen molar-refractivity contribution in [3.63, 3.8) is 0 Å². The van der Waals surface area contributed by atoms with Crippen molar-refractivity contribution in [1.82, 2.24) is 10.6 Å². The van der Waals surface area contributed by atoms with Crippen molar-refractivity contribution in [3.05, 3.63) is 24.2 Å². The summed E-state index contributed by atoms with van der Waals surface area (Å²) in [4.78, 5) is 4.57. The number of hydrogen-bond donors (Lipinski definition) is 2. The van der Waals surface area contributed by atoms with Crippen LogP contribution in [0.25, 0.3) is 0 Å². The Balaban J connectivity index is 0.00000264. The lowest BCUT2D eigenvalue weighted by Gasteiger charge is -2.11. The Morgan fingerprint density at radius 2 is 2.22 bits per heavy atom. The van der Waals surface area contributed by atoms with E-state index in [1.165, 1.54) is 25.7 Å². The molecule has 0 spiro atoms. The highest BCUT2D eigenvalue weighted by Crippen LogP contribution is 2.33. The minimum absolute atomic E-state index is 0. The van der Waals surface area contributed by atoms with Gasteiger partial charge in [-0.15, -0.1) is 24.0 Å². The van der Waals surface area contributed by atoms with Crippen LogP contribution in [0, 0.1) is 5.92 Å². The number of hydrogen-bond acceptors (Lipinski definition) is 3. The van der Waals surface area contributed by atoms with Gasteiger partial charge >= 0.3 is 0 Å². The lowest BCUT2D eigenvalue weighted by Crippen LogP contribution is -2.37. The minimum atomic E-state index is 0. The van der Waals surface area contributed by atoms with Crippen molar-refractivity contribution in [2.24, 2.45) is 10.9 Å². The summed E-state index contributed by atoms with van der Waals surface area (Å²) in [5.74, 6) is 2.80. The third-order valence-corrected chi connectivity index (χ3v) is 3.66. The zero-order valence-corrected chi connectivity index (χ0v) is 16.4. The highest BCUT2D eigenvalue weighted by molar-refractivity contribution is 14.0. The third kappa shape index (κ3) is 9.86. The molecule has 2 N–H and O–H groups in total. The van der Waals surface area contributed by atoms with Crippen molar-refractivity contribution in [1.29, 1.82) is 0 Å². The largest absolute Gasteiger partial charge is 0.467 e. The Morgan fingerprint density at radius 3 is 2.91 bits per heavy atom. The van der Waals surface area contributed by atoms with Crippen LogP contribution in [0.5, 0.6) is 0 Å². The highest BCUT2D eigenvalue weighted by atomic mass is 127. The van der Waals surface area contributed by atoms with E-state index < -0.39 is 0 Å². The maximum atomic E-state index is 5.55. The first kappa shape index (κ1) is 20.3. The van der Waals surface area contributed by atoms with Gasteiger partial charge in [0.25, 0.3) is 0 Å². The van der Waals surface area contributed by atoms with Gasteiger partial charge in [0.05, 0.1) is 6.26 Å². The van der Waals surface area contributed by atoms with Gasteiger partial charge in [-0.3, -0.25) is 4.99 Å². The number of nitrogens with one attached hydrogen (secondary N) is 2. The minimum Gasteiger partial charge on any atom is -0.467 e. The number of ether oxygens (including phenoxy) is 1. The molecule has 0 unspecified atom stereocenters. The van der Waals surface area contributed by atoms with Gasteiger partial charge in [-0.25, -0.2) is 0 Å². The SMILES string of the molecule is CCNC(=NCCCOCc1ccco1)NCCCC1CC1.I. The standard InChI is InChI=1S/C17H29N3O2.HI/c1-2-18-17(19-10-3-6-15-8-9-15)20-11-5-12-21-14-16-7-4-13-22-16;/h4,7,13,15H,2-3,5-6,8-12,14H2,1H3,(H2,18,19,20);1H. The smallest absolute Gasteiger partial charge is 0.191 e. The zero-order valence-electron chi connectivity index (χ0n) is 14.1. The predicted molar refractivity (Wildman–Crippen MR) is 104 cm³/mol. The van der Waals surface area contributed by atoms with Crippen molar-refractivity contribution >= 4 is 29.9 Å². The second kappa shape index (κ2) is 12.6. The molecule has 1 aromatic heterocycles. The number of rotatable bonds is 11. The van der Waals surface area contributed by atoms with Crippen LogP contribution < -0.4 is 10.6 Å². The Hall–Kier alpha value is -0.760. The van der Waals surface area contributed by atoms with E-state index in [1.807, 2.05) is 12.1 Å². The second-order valence-corrected chi connectivity index (χ2v) is 5.76. The molecule has 132 valence electrons. The van der Waals surface area contributed by atoms with Gasteiger partial charge in [0.1, 0.15) is 12.4 Å². The molecule has 0 aromatic carbocycles. The van der Waals surface area contributed by atoms with Crippen molar-refractivity contribution in [2.75, 3.05) is 26.2 Å². The topological polar surface area (TPSA) is 58.8 Å². The third-order valence-electron chi connectivity index (χ3n) is 3.66. The quantitative estimate of drug-likeness (QED) is 0.242. The van der Waals surface area contributed by atoms with Gasteiger partial charge in [-0.05, 0) is 44.2 Å². The molecule has 0 saturated heterocycles. The fraction of sp³-hybridized carbons (Fsp3) is 0.706. The summed E-state index contributed by atoms with van der Waals surface area (Å²) in [5.41, 5.74) is 0. The number of furan rings is 1. The fourth-order valence-corrected chi connectivity index (χ4v) is 2.27. The molecule has 1 saturated carbocycles. The maximum absolute atomic E-state index is 5.55. The van der Waals surface area contributed by atoms with E-state index in [-0.39, 0.29) is 24.0 Å². The number of halogens is 1. The molecule has 1 aliphatic carbocycles. The summed E-state index contributed by atoms with van der Waals surface area (Å²) in [6.45, 7) is 6.01. The van der Waals surface area contributed by atoms with Crippen LogP contribution in [-0.4, -0.2) is 32.2 Å². The summed E-state index contributed by atoms with van der Waals surface area (Å²) in [7, 11) is 0. The van der Waals surface area contributed by atoms with Crippen molar-refractivity contribution < 1.29 is 9.15 Å². The van der Waals surface area contributed by atoms with E-state index in [4.69, 9.17) is 9.15 Å². The first-order chi connectivity index (χ1) is 10.9. The van der Waals surface area contributed by atoms with Gasteiger partial charge in [-0.2, -0.15) is 0 Å². The van der Waals surface area contributed by atoms with Crippen molar-refractivity contribution in [3.8, 4) is 0 Å². The molecule has 0 atom stereocenters. The summed E-state index contributed by atoms with van der Waals surface area (Å²) in [6.07, 6.45) is 8.05. The molecule has 1 aromatic rings. The van der Waals surface area contributed by atoms with Crippen LogP contribution >= 0.6 is 24.0 Å².